The Labute approximate surface area is 597 Å². The van der Waals surface area contributed by atoms with Gasteiger partial charge in [-0.3, -0.25) is 19.6 Å². The van der Waals surface area contributed by atoms with Crippen LogP contribution in [0, 0.1) is 23.7 Å². The minimum atomic E-state index is -0.670. The van der Waals surface area contributed by atoms with Crippen LogP contribution >= 0.6 is 0 Å². The summed E-state index contributed by atoms with van der Waals surface area (Å²) in [5.74, 6) is 5.77. The highest BCUT2D eigenvalue weighted by Crippen LogP contribution is 2.50. The molecule has 0 bridgehead atoms. The van der Waals surface area contributed by atoms with Gasteiger partial charge in [0.15, 0.2) is 0 Å². The number of H-pyrrole nitrogens is 2. The van der Waals surface area contributed by atoms with E-state index in [1.54, 1.807) is 14.2 Å². The zero-order valence-corrected chi connectivity index (χ0v) is 60.5. The van der Waals surface area contributed by atoms with Crippen LogP contribution in [0.1, 0.15) is 170 Å². The highest BCUT2D eigenvalue weighted by Gasteiger charge is 2.45. The summed E-state index contributed by atoms with van der Waals surface area (Å²) < 4.78 is 33.4. The first-order valence-electron chi connectivity index (χ1n) is 37.0. The maximum atomic E-state index is 13.9. The van der Waals surface area contributed by atoms with Gasteiger partial charge in [-0.1, -0.05) is 58.0 Å². The fourth-order valence-electron chi connectivity index (χ4n) is 18.0. The summed E-state index contributed by atoms with van der Waals surface area (Å²) in [4.78, 5) is 83.1. The number of ether oxygens (including phenoxy) is 6. The zero-order chi connectivity index (χ0) is 70.8. The van der Waals surface area contributed by atoms with Crippen LogP contribution in [-0.4, -0.2) is 143 Å². The van der Waals surface area contributed by atoms with Gasteiger partial charge in [-0.15, -0.1) is 0 Å². The molecular formula is C82H96N10O10. The number of likely N-dealkylation sites (tertiary alicyclic amines) is 2. The van der Waals surface area contributed by atoms with Crippen molar-refractivity contribution in [2.45, 2.75) is 193 Å². The van der Waals surface area contributed by atoms with Crippen LogP contribution in [0.5, 0.6) is 11.5 Å². The fourth-order valence-corrected chi connectivity index (χ4v) is 18.0. The molecule has 4 N–H and O–H groups in total. The number of amides is 4. The number of nitrogens with zero attached hydrogens (tertiary/aromatic N) is 6. The third-order valence-corrected chi connectivity index (χ3v) is 23.4. The van der Waals surface area contributed by atoms with Gasteiger partial charge >= 0.3 is 12.2 Å². The first kappa shape index (κ1) is 68.6. The van der Waals surface area contributed by atoms with E-state index in [9.17, 15) is 19.2 Å². The molecular weight excluding hydrogens is 1280 g/mol. The minimum Gasteiger partial charge on any atom is -0.488 e. The number of hydrogen-bond donors (Lipinski definition) is 4. The van der Waals surface area contributed by atoms with Crippen LogP contribution in [0.15, 0.2) is 101 Å². The maximum absolute atomic E-state index is 13.9. The predicted molar refractivity (Wildman–Crippen MR) is 394 cm³/mol. The van der Waals surface area contributed by atoms with E-state index in [4.69, 9.17) is 48.4 Å². The smallest absolute Gasteiger partial charge is 0.407 e. The van der Waals surface area contributed by atoms with E-state index in [1.165, 1.54) is 66.0 Å². The van der Waals surface area contributed by atoms with Gasteiger partial charge in [-0.05, 0) is 223 Å². The topological polar surface area (TPSA) is 236 Å². The molecule has 0 spiro atoms. The second-order valence-electron chi connectivity index (χ2n) is 30.6. The number of fused-ring (bicyclic) bond motifs is 11. The van der Waals surface area contributed by atoms with Crippen LogP contribution in [0.2, 0.25) is 0 Å². The molecule has 2 saturated carbocycles. The molecule has 0 unspecified atom stereocenters. The molecule has 9 aliphatic rings. The molecule has 3 aliphatic carbocycles. The zero-order valence-electron chi connectivity index (χ0n) is 60.5. The van der Waals surface area contributed by atoms with Crippen LogP contribution in [0.4, 0.5) is 15.3 Å². The number of imidazole rings is 2. The summed E-state index contributed by atoms with van der Waals surface area (Å²) in [7, 11) is 6.21. The summed E-state index contributed by atoms with van der Waals surface area (Å²) in [5.41, 5.74) is 20.4. The van der Waals surface area contributed by atoms with E-state index in [-0.39, 0.29) is 47.8 Å². The second-order valence-corrected chi connectivity index (χ2v) is 30.6. The molecule has 0 radical (unpaired) electrons. The average molecular weight is 1380 g/mol. The van der Waals surface area contributed by atoms with E-state index in [0.717, 1.165) is 180 Å². The molecule has 10 atom stereocenters. The molecule has 534 valence electrons. The average Bonchev–Trinajstić information content (AvgIpc) is 1.27. The number of hydrogen-bond acceptors (Lipinski definition) is 14. The van der Waals surface area contributed by atoms with Gasteiger partial charge in [0, 0.05) is 92.4 Å². The second kappa shape index (κ2) is 28.6. The predicted octanol–water partition coefficient (Wildman–Crippen LogP) is 15.1. The molecule has 7 aromatic rings. The maximum Gasteiger partial charge on any atom is 0.407 e. The summed E-state index contributed by atoms with van der Waals surface area (Å²) in [6, 6.07) is 25.1. The van der Waals surface area contributed by atoms with E-state index in [2.05, 4.69) is 107 Å². The van der Waals surface area contributed by atoms with Crippen molar-refractivity contribution < 1.29 is 47.6 Å². The number of alkyl carbamates (subject to hydrolysis) is 2. The van der Waals surface area contributed by atoms with Crippen molar-refractivity contribution in [1.29, 1.82) is 0 Å². The Balaban J connectivity index is 0.000000165. The Hall–Kier alpha value is -9.14. The summed E-state index contributed by atoms with van der Waals surface area (Å²) in [6.07, 6.45) is 16.3. The lowest BCUT2D eigenvalue weighted by Gasteiger charge is -2.34. The number of benzene rings is 5. The van der Waals surface area contributed by atoms with E-state index >= 15 is 0 Å². The van der Waals surface area contributed by atoms with Crippen LogP contribution in [-0.2, 0) is 54.6 Å². The highest BCUT2D eigenvalue weighted by atomic mass is 16.5. The van der Waals surface area contributed by atoms with Crippen molar-refractivity contribution in [1.82, 2.24) is 40.4 Å². The van der Waals surface area contributed by atoms with Crippen LogP contribution in [0.25, 0.3) is 61.1 Å². The number of rotatable bonds is 16. The number of carbonyl (C=O) groups is 4. The number of carbonyl (C=O) groups excluding carboxylic acids is 4. The Kier molecular flexibility index (Phi) is 19.2. The Bertz CT molecular complexity index is 4520. The fraction of sp³-hybridized carbons (Fsp3) is 0.488. The van der Waals surface area contributed by atoms with Crippen molar-refractivity contribution in [2.75, 3.05) is 41.7 Å². The number of aryl methyl sites for hydroxylation is 1. The third kappa shape index (κ3) is 13.1. The number of aromatic nitrogens is 4. The number of aromatic amines is 2. The SMILES string of the molecule is COC[C@@H]1CC[C@H](c2ncc(-c3ccc4c(c3)COc3cc5c(cc3-4)CCC3=C5CC([C@@H]4CC[C@H](C)N4C(=O)[C@@H](NC(=O)OC)C(C)C)=N3)[nH]2)C1.COC[C@@H]1CC[C@H](c2ncc(-c3ccc4c(c3)COc3cc5c6c(ccc5cc3-4)N=C([C@@H]3CC[C@H](C)N3C(=O)[C@@H](NC(=O)OC)C(C)C)C6)[nH]2)C1. The van der Waals surface area contributed by atoms with Crippen molar-refractivity contribution >= 4 is 57.5 Å². The molecule has 4 amide bonds. The highest BCUT2D eigenvalue weighted by molar-refractivity contribution is 6.08. The van der Waals surface area contributed by atoms with Gasteiger partial charge in [0.2, 0.25) is 11.8 Å². The normalized spacial score (nSPS) is 23.4. The lowest BCUT2D eigenvalue weighted by atomic mass is 9.83. The lowest BCUT2D eigenvalue weighted by molar-refractivity contribution is -0.136. The number of methoxy groups -OCH3 is 4. The molecule has 16 rings (SSSR count). The summed E-state index contributed by atoms with van der Waals surface area (Å²) in [6.45, 7) is 14.6. The van der Waals surface area contributed by atoms with E-state index in [1.807, 2.05) is 49.9 Å². The van der Waals surface area contributed by atoms with Crippen molar-refractivity contribution in [3.8, 4) is 56.3 Å². The molecule has 102 heavy (non-hydrogen) atoms. The number of nitrogens with one attached hydrogen (secondary N) is 4. The minimum absolute atomic E-state index is 0.0452. The monoisotopic (exact) mass is 1380 g/mol. The number of aliphatic imine (C=N–C) groups is 2. The Morgan fingerprint density at radius 3 is 1.62 bits per heavy atom. The molecule has 8 heterocycles. The standard InChI is InChI=1S/C41H49N5O5.C41H47N5O5/c2*1-22(2)38(45-41(48)50-5)40(47)46-23(3)6-13-36(46)34-17-31-30-18-37-32(16-25(30)10-12-33(31)43-34)29-11-9-26(15-28(29)21-51-37)35-19-42-39(44-35)27-8-7-24(14-27)20-49-4/h9,11,15-16,18-19,22-24,27,36,38H,6-8,10,12-14,17,20-21H2,1-5H3,(H,42,44)(H,45,48);9-12,15-16,18-19,22-24,27,36,38H,6-8,13-14,17,20-21H2,1-5H3,(H,42,44)(H,45,48)/t2*23-,24+,27-,36-,38-/m00/s1. The van der Waals surface area contributed by atoms with Crippen LogP contribution < -0.4 is 20.1 Å². The Morgan fingerprint density at radius 2 is 1.09 bits per heavy atom. The first-order valence-corrected chi connectivity index (χ1v) is 37.0. The van der Waals surface area contributed by atoms with Gasteiger partial charge in [-0.25, -0.2) is 19.6 Å². The van der Waals surface area contributed by atoms with Gasteiger partial charge in [0.05, 0.1) is 55.8 Å². The van der Waals surface area contributed by atoms with Crippen molar-refractivity contribution in [3.05, 3.63) is 130 Å². The van der Waals surface area contributed by atoms with Gasteiger partial charge in [-0.2, -0.15) is 0 Å². The molecule has 6 aliphatic heterocycles. The summed E-state index contributed by atoms with van der Waals surface area (Å²) in [5, 5.41) is 7.81. The summed E-state index contributed by atoms with van der Waals surface area (Å²) >= 11 is 0. The first-order chi connectivity index (χ1) is 49.4. The van der Waals surface area contributed by atoms with E-state index in [0.29, 0.717) is 43.3 Å². The molecule has 2 aromatic heterocycles. The molecule has 4 fully saturated rings. The van der Waals surface area contributed by atoms with Crippen LogP contribution in [0.3, 0.4) is 0 Å². The van der Waals surface area contributed by atoms with Crippen molar-refractivity contribution in [3.63, 3.8) is 0 Å². The van der Waals surface area contributed by atoms with E-state index < -0.39 is 24.3 Å². The van der Waals surface area contributed by atoms with Gasteiger partial charge in [0.1, 0.15) is 48.4 Å². The number of allylic oxidation sites excluding steroid dienone is 2. The van der Waals surface area contributed by atoms with Gasteiger partial charge in [0.25, 0.3) is 0 Å². The third-order valence-electron chi connectivity index (χ3n) is 23.4. The Morgan fingerprint density at radius 1 is 0.559 bits per heavy atom. The largest absolute Gasteiger partial charge is 0.488 e. The van der Waals surface area contributed by atoms with Crippen molar-refractivity contribution in [2.24, 2.45) is 33.7 Å². The molecule has 5 aromatic carbocycles. The molecule has 20 nitrogen and oxygen atoms in total. The quantitative estimate of drug-likeness (QED) is 0.0707. The van der Waals surface area contributed by atoms with Gasteiger partial charge < -0.3 is 58.8 Å². The molecule has 2 saturated heterocycles. The molecule has 20 heteroatoms. The lowest BCUT2D eigenvalue weighted by Crippen LogP contribution is -2.55.